The number of hydrogen-bond acceptors (Lipinski definition) is 0. The molecule has 2 aromatic carbocycles. The van der Waals surface area contributed by atoms with Crippen LogP contribution in [0.5, 0.6) is 0 Å². The molecule has 0 radical (unpaired) electrons. The summed E-state index contributed by atoms with van der Waals surface area (Å²) in [4.78, 5) is 0. The molecule has 0 heteroatoms. The van der Waals surface area contributed by atoms with Crippen LogP contribution < -0.4 is 0 Å². The molecule has 0 nitrogen and oxygen atoms in total. The molecule has 0 fully saturated rings. The van der Waals surface area contributed by atoms with Crippen molar-refractivity contribution < 1.29 is 0 Å². The average Bonchev–Trinajstić information content (AvgIpc) is 2.82. The van der Waals surface area contributed by atoms with Crippen molar-refractivity contribution >= 4 is 0 Å². The summed E-state index contributed by atoms with van der Waals surface area (Å²) in [7, 11) is 0. The lowest BCUT2D eigenvalue weighted by Crippen LogP contribution is -2.50. The Morgan fingerprint density at radius 2 is 0.793 bits per heavy atom. The van der Waals surface area contributed by atoms with Crippen molar-refractivity contribution in [3.05, 3.63) is 58.7 Å². The van der Waals surface area contributed by atoms with Crippen molar-refractivity contribution in [3.63, 3.8) is 0 Å². The molecule has 29 heavy (non-hydrogen) atoms. The second-order valence-corrected chi connectivity index (χ2v) is 13.3. The molecule has 158 valence electrons. The molecule has 0 saturated carbocycles. The van der Waals surface area contributed by atoms with Crippen LogP contribution >= 0.6 is 0 Å². The van der Waals surface area contributed by atoms with Gasteiger partial charge in [0, 0.05) is 5.41 Å². The molecular formula is C29H42. The minimum absolute atomic E-state index is 0.0484. The van der Waals surface area contributed by atoms with Crippen molar-refractivity contribution in [2.24, 2.45) is 10.8 Å². The van der Waals surface area contributed by atoms with E-state index in [-0.39, 0.29) is 27.1 Å². The Kier molecular flexibility index (Phi) is 4.75. The predicted octanol–water partition coefficient (Wildman–Crippen LogP) is 8.64. The Morgan fingerprint density at radius 1 is 0.483 bits per heavy atom. The molecule has 0 unspecified atom stereocenters. The van der Waals surface area contributed by atoms with Crippen molar-refractivity contribution in [1.29, 1.82) is 0 Å². The highest BCUT2D eigenvalue weighted by Crippen LogP contribution is 2.65. The fourth-order valence-electron chi connectivity index (χ4n) is 6.00. The molecular weight excluding hydrogens is 348 g/mol. The third kappa shape index (κ3) is 3.18. The maximum atomic E-state index is 2.53. The van der Waals surface area contributed by atoms with Crippen LogP contribution in [-0.2, 0) is 16.2 Å². The molecule has 1 aliphatic rings. The maximum absolute atomic E-state index is 2.53. The third-order valence-corrected chi connectivity index (χ3v) is 7.12. The van der Waals surface area contributed by atoms with Gasteiger partial charge in [-0.25, -0.2) is 0 Å². The monoisotopic (exact) mass is 390 g/mol. The van der Waals surface area contributed by atoms with Crippen LogP contribution in [0.3, 0.4) is 0 Å². The first-order chi connectivity index (χ1) is 12.9. The van der Waals surface area contributed by atoms with Crippen molar-refractivity contribution in [3.8, 4) is 11.1 Å². The quantitative estimate of drug-likeness (QED) is 0.422. The zero-order valence-corrected chi connectivity index (χ0v) is 21.0. The number of rotatable bonds is 0. The van der Waals surface area contributed by atoms with E-state index in [1.54, 1.807) is 0 Å². The number of hydrogen-bond donors (Lipinski definition) is 0. The van der Waals surface area contributed by atoms with E-state index in [0.29, 0.717) is 0 Å². The van der Waals surface area contributed by atoms with Crippen LogP contribution in [0.25, 0.3) is 11.1 Å². The highest BCUT2D eigenvalue weighted by Gasteiger charge is 2.57. The van der Waals surface area contributed by atoms with E-state index >= 15 is 0 Å². The Hall–Kier alpha value is -1.56. The predicted molar refractivity (Wildman–Crippen MR) is 129 cm³/mol. The first-order valence-electron chi connectivity index (χ1n) is 11.2. The van der Waals surface area contributed by atoms with Crippen molar-refractivity contribution in [1.82, 2.24) is 0 Å². The smallest absolute Gasteiger partial charge is 0.0311 e. The first-order valence-corrected chi connectivity index (χ1v) is 11.2. The van der Waals surface area contributed by atoms with Gasteiger partial charge in [-0.15, -0.1) is 0 Å². The zero-order chi connectivity index (χ0) is 22.2. The first kappa shape index (κ1) is 22.1. The lowest BCUT2D eigenvalue weighted by Gasteiger charge is -2.53. The van der Waals surface area contributed by atoms with E-state index < -0.39 is 0 Å². The Bertz CT molecular complexity index is 848. The molecule has 1 aliphatic carbocycles. The van der Waals surface area contributed by atoms with Gasteiger partial charge in [-0.3, -0.25) is 0 Å². The Labute approximate surface area is 180 Å². The van der Waals surface area contributed by atoms with Gasteiger partial charge in [0.05, 0.1) is 0 Å². The van der Waals surface area contributed by atoms with E-state index in [1.165, 1.54) is 33.4 Å². The Balaban J connectivity index is 2.50. The van der Waals surface area contributed by atoms with Gasteiger partial charge in [-0.05, 0) is 55.0 Å². The van der Waals surface area contributed by atoms with Gasteiger partial charge in [0.25, 0.3) is 0 Å². The maximum Gasteiger partial charge on any atom is 0.0311 e. The molecule has 2 aromatic rings. The van der Waals surface area contributed by atoms with E-state index in [2.05, 4.69) is 119 Å². The molecule has 0 amide bonds. The summed E-state index contributed by atoms with van der Waals surface area (Å²) in [6, 6.07) is 14.5. The molecule has 0 saturated heterocycles. The fourth-order valence-corrected chi connectivity index (χ4v) is 6.00. The lowest BCUT2D eigenvalue weighted by atomic mass is 9.49. The summed E-state index contributed by atoms with van der Waals surface area (Å²) in [5.41, 5.74) is 9.15. The van der Waals surface area contributed by atoms with Gasteiger partial charge in [-0.2, -0.15) is 0 Å². The summed E-state index contributed by atoms with van der Waals surface area (Å²) < 4.78 is 0. The molecule has 3 rings (SSSR count). The fraction of sp³-hybridized carbons (Fsp3) is 0.586. The largest absolute Gasteiger partial charge is 0.0590 e. The number of benzene rings is 2. The van der Waals surface area contributed by atoms with Crippen molar-refractivity contribution in [2.75, 3.05) is 0 Å². The van der Waals surface area contributed by atoms with Gasteiger partial charge in [0.2, 0.25) is 0 Å². The molecule has 0 heterocycles. The molecule has 0 aliphatic heterocycles. The average molecular weight is 391 g/mol. The second-order valence-electron chi connectivity index (χ2n) is 13.3. The normalized spacial score (nSPS) is 16.6. The molecule has 0 aromatic heterocycles. The van der Waals surface area contributed by atoms with Gasteiger partial charge in [0.15, 0.2) is 0 Å². The van der Waals surface area contributed by atoms with Crippen LogP contribution in [0.2, 0.25) is 0 Å². The van der Waals surface area contributed by atoms with E-state index in [1.807, 2.05) is 0 Å². The van der Waals surface area contributed by atoms with Crippen molar-refractivity contribution in [2.45, 2.75) is 99.3 Å². The zero-order valence-electron chi connectivity index (χ0n) is 21.0. The van der Waals surface area contributed by atoms with Crippen LogP contribution in [0, 0.1) is 10.8 Å². The summed E-state index contributed by atoms with van der Waals surface area (Å²) in [6.45, 7) is 28.6. The SMILES string of the molecule is CC(C)(C)c1ccc2c(c1)C(C(C)(C)C)(C(C)(C)C)c1cc(C(C)(C)C)ccc1-2. The molecule has 0 spiro atoms. The highest BCUT2D eigenvalue weighted by atomic mass is 14.6. The van der Waals surface area contributed by atoms with Gasteiger partial charge in [-0.1, -0.05) is 119 Å². The van der Waals surface area contributed by atoms with Gasteiger partial charge < -0.3 is 0 Å². The minimum atomic E-state index is -0.0484. The standard InChI is InChI=1S/C29H42/c1-25(2,3)19-13-15-21-22-16-14-20(26(4,5)6)18-24(22)29(23(21)17-19,27(7,8)9)28(10,11)12/h13-18H,1-12H3. The minimum Gasteiger partial charge on any atom is -0.0590 e. The number of fused-ring (bicyclic) bond motifs is 3. The molecule has 0 N–H and O–H groups in total. The highest BCUT2D eigenvalue weighted by molar-refractivity contribution is 5.83. The summed E-state index contributed by atoms with van der Waals surface area (Å²) in [5.74, 6) is 0. The summed E-state index contributed by atoms with van der Waals surface area (Å²) in [5, 5.41) is 0. The second kappa shape index (κ2) is 6.22. The van der Waals surface area contributed by atoms with Crippen LogP contribution in [0.4, 0.5) is 0 Å². The van der Waals surface area contributed by atoms with Gasteiger partial charge >= 0.3 is 0 Å². The molecule has 0 atom stereocenters. The summed E-state index contributed by atoms with van der Waals surface area (Å²) in [6.07, 6.45) is 0. The summed E-state index contributed by atoms with van der Waals surface area (Å²) >= 11 is 0. The van der Waals surface area contributed by atoms with Crippen LogP contribution in [0.15, 0.2) is 36.4 Å². The van der Waals surface area contributed by atoms with Crippen LogP contribution in [0.1, 0.15) is 105 Å². The van der Waals surface area contributed by atoms with E-state index in [4.69, 9.17) is 0 Å². The van der Waals surface area contributed by atoms with Crippen LogP contribution in [-0.4, -0.2) is 0 Å². The van der Waals surface area contributed by atoms with Gasteiger partial charge in [0.1, 0.15) is 0 Å². The third-order valence-electron chi connectivity index (χ3n) is 7.12. The topological polar surface area (TPSA) is 0 Å². The van der Waals surface area contributed by atoms with E-state index in [0.717, 1.165) is 0 Å². The molecule has 0 bridgehead atoms. The Morgan fingerprint density at radius 3 is 1.03 bits per heavy atom. The lowest BCUT2D eigenvalue weighted by molar-refractivity contribution is 0.0947. The van der Waals surface area contributed by atoms with E-state index in [9.17, 15) is 0 Å².